The van der Waals surface area contributed by atoms with E-state index in [1.807, 2.05) is 4.90 Å². The minimum Gasteiger partial charge on any atom is -0.345 e. The number of hydrogen-bond acceptors (Lipinski definition) is 3. The first-order valence-electron chi connectivity index (χ1n) is 9.72. The number of aryl methyl sites for hydroxylation is 1. The van der Waals surface area contributed by atoms with Gasteiger partial charge in [0.25, 0.3) is 5.91 Å². The Morgan fingerprint density at radius 1 is 1.07 bits per heavy atom. The Morgan fingerprint density at radius 3 is 2.43 bits per heavy atom. The van der Waals surface area contributed by atoms with Crippen LogP contribution in [0.1, 0.15) is 29.8 Å². The van der Waals surface area contributed by atoms with Gasteiger partial charge in [0.2, 0.25) is 11.8 Å². The molecule has 0 spiro atoms. The molecule has 0 aromatic carbocycles. The maximum absolute atomic E-state index is 13.0. The van der Waals surface area contributed by atoms with Crippen molar-refractivity contribution < 1.29 is 14.4 Å². The van der Waals surface area contributed by atoms with Gasteiger partial charge in [0.1, 0.15) is 5.69 Å². The number of amides is 3. The van der Waals surface area contributed by atoms with Gasteiger partial charge in [0.15, 0.2) is 0 Å². The summed E-state index contributed by atoms with van der Waals surface area (Å²) >= 11 is 6.00. The highest BCUT2D eigenvalue weighted by molar-refractivity contribution is 6.31. The molecule has 0 bridgehead atoms. The standard InChI is InChI=1S/C20H27ClN4O3/c1-3-18(26)25-7-4-6-15(13-25)19(27)23-8-5-9-24(11-10-23)20(28)17-12-16(21)14-22(17)2/h3,12,14-15H,1,4-11,13H2,2H3. The maximum Gasteiger partial charge on any atom is 0.270 e. The van der Waals surface area contributed by atoms with E-state index in [9.17, 15) is 14.4 Å². The van der Waals surface area contributed by atoms with Crippen LogP contribution < -0.4 is 0 Å². The summed E-state index contributed by atoms with van der Waals surface area (Å²) in [4.78, 5) is 43.0. The molecule has 8 heteroatoms. The molecule has 1 aromatic rings. The van der Waals surface area contributed by atoms with Crippen LogP contribution in [-0.4, -0.2) is 76.3 Å². The van der Waals surface area contributed by atoms with Crippen LogP contribution in [0.4, 0.5) is 0 Å². The van der Waals surface area contributed by atoms with Gasteiger partial charge >= 0.3 is 0 Å². The average molecular weight is 407 g/mol. The van der Waals surface area contributed by atoms with Crippen molar-refractivity contribution >= 4 is 29.3 Å². The van der Waals surface area contributed by atoms with Crippen LogP contribution >= 0.6 is 11.6 Å². The van der Waals surface area contributed by atoms with E-state index in [0.29, 0.717) is 50.0 Å². The van der Waals surface area contributed by atoms with Gasteiger partial charge in [-0.2, -0.15) is 0 Å². The Kier molecular flexibility index (Phi) is 6.44. The average Bonchev–Trinajstić information content (AvgIpc) is 2.90. The largest absolute Gasteiger partial charge is 0.345 e. The highest BCUT2D eigenvalue weighted by Crippen LogP contribution is 2.21. The van der Waals surface area contributed by atoms with E-state index in [2.05, 4.69) is 6.58 Å². The Morgan fingerprint density at radius 2 is 1.75 bits per heavy atom. The zero-order chi connectivity index (χ0) is 20.3. The Hall–Kier alpha value is -2.28. The normalized spacial score (nSPS) is 20.6. The zero-order valence-corrected chi connectivity index (χ0v) is 17.0. The third kappa shape index (κ3) is 4.41. The number of carbonyl (C=O) groups is 3. The molecule has 1 unspecified atom stereocenters. The zero-order valence-electron chi connectivity index (χ0n) is 16.3. The number of rotatable bonds is 3. The predicted octanol–water partition coefficient (Wildman–Crippen LogP) is 1.78. The number of nitrogens with zero attached hydrogens (tertiary/aromatic N) is 4. The molecule has 2 fully saturated rings. The van der Waals surface area contributed by atoms with Crippen LogP contribution in [-0.2, 0) is 16.6 Å². The van der Waals surface area contributed by atoms with Crippen LogP contribution in [0.5, 0.6) is 0 Å². The summed E-state index contributed by atoms with van der Waals surface area (Å²) in [5.74, 6) is -0.278. The van der Waals surface area contributed by atoms with Crippen LogP contribution in [0.25, 0.3) is 0 Å². The van der Waals surface area contributed by atoms with Gasteiger partial charge in [0.05, 0.1) is 10.9 Å². The van der Waals surface area contributed by atoms with Crippen LogP contribution in [0.2, 0.25) is 5.02 Å². The minimum atomic E-state index is -0.174. The molecule has 1 atom stereocenters. The van der Waals surface area contributed by atoms with Gasteiger partial charge in [0, 0.05) is 52.5 Å². The number of hydrogen-bond donors (Lipinski definition) is 0. The van der Waals surface area contributed by atoms with Crippen LogP contribution in [0.3, 0.4) is 0 Å². The Labute approximate surface area is 170 Å². The quantitative estimate of drug-likeness (QED) is 0.718. The lowest BCUT2D eigenvalue weighted by Crippen LogP contribution is -2.47. The van der Waals surface area contributed by atoms with E-state index in [4.69, 9.17) is 11.6 Å². The second-order valence-corrected chi connectivity index (χ2v) is 7.89. The smallest absolute Gasteiger partial charge is 0.270 e. The first-order valence-corrected chi connectivity index (χ1v) is 10.1. The summed E-state index contributed by atoms with van der Waals surface area (Å²) in [6.07, 6.45) is 5.36. The highest BCUT2D eigenvalue weighted by atomic mass is 35.5. The Bertz CT molecular complexity index is 776. The van der Waals surface area contributed by atoms with E-state index >= 15 is 0 Å². The molecule has 2 aliphatic heterocycles. The molecule has 3 rings (SSSR count). The molecule has 3 heterocycles. The lowest BCUT2D eigenvalue weighted by molar-refractivity contribution is -0.139. The molecule has 2 saturated heterocycles. The molecule has 28 heavy (non-hydrogen) atoms. The summed E-state index contributed by atoms with van der Waals surface area (Å²) in [5.41, 5.74) is 0.552. The van der Waals surface area contributed by atoms with E-state index < -0.39 is 0 Å². The summed E-state index contributed by atoms with van der Waals surface area (Å²) in [6.45, 7) is 6.90. The molecule has 0 aliphatic carbocycles. The number of piperidine rings is 1. The predicted molar refractivity (Wildman–Crippen MR) is 107 cm³/mol. The maximum atomic E-state index is 13.0. The summed E-state index contributed by atoms with van der Waals surface area (Å²) < 4.78 is 1.73. The van der Waals surface area contributed by atoms with Crippen molar-refractivity contribution in [3.8, 4) is 0 Å². The summed E-state index contributed by atoms with van der Waals surface area (Å²) in [5, 5.41) is 0.536. The van der Waals surface area contributed by atoms with E-state index in [-0.39, 0.29) is 23.6 Å². The lowest BCUT2D eigenvalue weighted by atomic mass is 9.96. The minimum absolute atomic E-state index is 0.0656. The van der Waals surface area contributed by atoms with Gasteiger partial charge in [-0.3, -0.25) is 14.4 Å². The third-order valence-electron chi connectivity index (χ3n) is 5.54. The van der Waals surface area contributed by atoms with Crippen LogP contribution in [0.15, 0.2) is 24.9 Å². The van der Waals surface area contributed by atoms with Crippen LogP contribution in [0, 0.1) is 5.92 Å². The summed E-state index contributed by atoms with van der Waals surface area (Å²) in [7, 11) is 1.80. The number of aromatic nitrogens is 1. The molecular weight excluding hydrogens is 380 g/mol. The van der Waals surface area contributed by atoms with Gasteiger partial charge in [-0.1, -0.05) is 18.2 Å². The molecule has 3 amide bonds. The van der Waals surface area contributed by atoms with Gasteiger partial charge in [-0.25, -0.2) is 0 Å². The number of likely N-dealkylation sites (tertiary alicyclic amines) is 1. The Balaban J connectivity index is 1.61. The highest BCUT2D eigenvalue weighted by Gasteiger charge is 2.32. The van der Waals surface area contributed by atoms with Crippen molar-refractivity contribution in [3.05, 3.63) is 35.6 Å². The fourth-order valence-electron chi connectivity index (χ4n) is 4.01. The molecule has 1 aromatic heterocycles. The molecule has 7 nitrogen and oxygen atoms in total. The van der Waals surface area contributed by atoms with Crippen molar-refractivity contribution in [1.29, 1.82) is 0 Å². The monoisotopic (exact) mass is 406 g/mol. The lowest BCUT2D eigenvalue weighted by Gasteiger charge is -2.34. The van der Waals surface area contributed by atoms with Gasteiger partial charge in [-0.15, -0.1) is 0 Å². The number of carbonyl (C=O) groups excluding carboxylic acids is 3. The molecule has 2 aliphatic rings. The molecule has 0 saturated carbocycles. The second kappa shape index (κ2) is 8.82. The summed E-state index contributed by atoms with van der Waals surface area (Å²) in [6, 6.07) is 1.67. The first-order chi connectivity index (χ1) is 13.4. The first kappa shape index (κ1) is 20.5. The van der Waals surface area contributed by atoms with Crippen molar-refractivity contribution in [1.82, 2.24) is 19.3 Å². The molecular formula is C20H27ClN4O3. The second-order valence-electron chi connectivity index (χ2n) is 7.45. The fourth-order valence-corrected chi connectivity index (χ4v) is 4.26. The van der Waals surface area contributed by atoms with E-state index in [1.165, 1.54) is 6.08 Å². The van der Waals surface area contributed by atoms with Crippen molar-refractivity contribution in [3.63, 3.8) is 0 Å². The SMILES string of the molecule is C=CC(=O)N1CCCC(C(=O)N2CCCN(C(=O)c3cc(Cl)cn3C)CC2)C1. The number of halogens is 1. The van der Waals surface area contributed by atoms with Crippen molar-refractivity contribution in [2.45, 2.75) is 19.3 Å². The van der Waals surface area contributed by atoms with Crippen molar-refractivity contribution in [2.75, 3.05) is 39.3 Å². The fraction of sp³-hybridized carbons (Fsp3) is 0.550. The van der Waals surface area contributed by atoms with Gasteiger partial charge in [-0.05, 0) is 31.4 Å². The molecule has 0 radical (unpaired) electrons. The third-order valence-corrected chi connectivity index (χ3v) is 5.75. The van der Waals surface area contributed by atoms with E-state index in [1.54, 1.807) is 33.7 Å². The van der Waals surface area contributed by atoms with Gasteiger partial charge < -0.3 is 19.3 Å². The molecule has 0 N–H and O–H groups in total. The topological polar surface area (TPSA) is 65.9 Å². The van der Waals surface area contributed by atoms with Crippen molar-refractivity contribution in [2.24, 2.45) is 13.0 Å². The van der Waals surface area contributed by atoms with E-state index in [0.717, 1.165) is 19.3 Å². The molecule has 152 valence electrons.